The highest BCUT2D eigenvalue weighted by molar-refractivity contribution is 5.78. The van der Waals surface area contributed by atoms with Crippen LogP contribution < -0.4 is 10.6 Å². The fourth-order valence-electron chi connectivity index (χ4n) is 1.60. The van der Waals surface area contributed by atoms with Crippen LogP contribution in [0, 0.1) is 11.6 Å². The molecule has 0 saturated heterocycles. The van der Waals surface area contributed by atoms with Crippen LogP contribution in [0.4, 0.5) is 8.78 Å². The molecule has 5 heteroatoms. The SMILES string of the molecule is CCN[C@H](C)CNC(=O)Cc1cc(F)ccc1F. The highest BCUT2D eigenvalue weighted by Gasteiger charge is 2.10. The van der Waals surface area contributed by atoms with E-state index in [0.717, 1.165) is 24.7 Å². The lowest BCUT2D eigenvalue weighted by atomic mass is 10.1. The van der Waals surface area contributed by atoms with Gasteiger partial charge >= 0.3 is 0 Å². The molecule has 1 aromatic carbocycles. The molecule has 0 bridgehead atoms. The number of benzene rings is 1. The third-order valence-corrected chi connectivity index (χ3v) is 2.52. The minimum absolute atomic E-state index is 0.0728. The zero-order chi connectivity index (χ0) is 13.5. The summed E-state index contributed by atoms with van der Waals surface area (Å²) in [6.45, 7) is 5.19. The normalized spacial score (nSPS) is 12.2. The van der Waals surface area contributed by atoms with Crippen LogP contribution in [-0.2, 0) is 11.2 Å². The number of carbonyl (C=O) groups excluding carboxylic acids is 1. The van der Waals surface area contributed by atoms with Gasteiger partial charge in [0.1, 0.15) is 11.6 Å². The molecule has 2 N–H and O–H groups in total. The molecule has 0 aromatic heterocycles. The number of rotatable bonds is 6. The summed E-state index contributed by atoms with van der Waals surface area (Å²) in [6, 6.07) is 3.25. The Hall–Kier alpha value is -1.49. The summed E-state index contributed by atoms with van der Waals surface area (Å²) in [6.07, 6.45) is -0.150. The number of hydrogen-bond acceptors (Lipinski definition) is 2. The van der Waals surface area contributed by atoms with E-state index in [1.54, 1.807) is 0 Å². The zero-order valence-corrected chi connectivity index (χ0v) is 10.6. The zero-order valence-electron chi connectivity index (χ0n) is 10.6. The summed E-state index contributed by atoms with van der Waals surface area (Å²) >= 11 is 0. The molecule has 1 atom stereocenters. The second-order valence-electron chi connectivity index (χ2n) is 4.18. The van der Waals surface area contributed by atoms with Crippen molar-refractivity contribution in [3.63, 3.8) is 0 Å². The largest absolute Gasteiger partial charge is 0.354 e. The van der Waals surface area contributed by atoms with Gasteiger partial charge in [-0.1, -0.05) is 6.92 Å². The van der Waals surface area contributed by atoms with Crippen molar-refractivity contribution in [1.29, 1.82) is 0 Å². The van der Waals surface area contributed by atoms with Crippen molar-refractivity contribution in [2.24, 2.45) is 0 Å². The van der Waals surface area contributed by atoms with E-state index < -0.39 is 11.6 Å². The molecule has 100 valence electrons. The lowest BCUT2D eigenvalue weighted by Crippen LogP contribution is -2.39. The Morgan fingerprint density at radius 3 is 2.78 bits per heavy atom. The van der Waals surface area contributed by atoms with E-state index in [4.69, 9.17) is 0 Å². The van der Waals surface area contributed by atoms with E-state index in [0.29, 0.717) is 6.54 Å². The highest BCUT2D eigenvalue weighted by Crippen LogP contribution is 2.10. The van der Waals surface area contributed by atoms with Gasteiger partial charge in [0, 0.05) is 18.2 Å². The first-order valence-electron chi connectivity index (χ1n) is 5.97. The second kappa shape index (κ2) is 7.06. The second-order valence-corrected chi connectivity index (χ2v) is 4.18. The molecule has 0 aliphatic heterocycles. The standard InChI is InChI=1S/C13H18F2N2O/c1-3-16-9(2)8-17-13(18)7-10-6-11(14)4-5-12(10)15/h4-6,9,16H,3,7-8H2,1-2H3,(H,17,18)/t9-/m1/s1. The van der Waals surface area contributed by atoms with E-state index >= 15 is 0 Å². The van der Waals surface area contributed by atoms with E-state index in [1.807, 2.05) is 13.8 Å². The monoisotopic (exact) mass is 256 g/mol. The Labute approximate surface area is 106 Å². The van der Waals surface area contributed by atoms with Gasteiger partial charge < -0.3 is 10.6 Å². The molecule has 1 rings (SSSR count). The number of nitrogens with one attached hydrogen (secondary N) is 2. The predicted molar refractivity (Wildman–Crippen MR) is 66.2 cm³/mol. The summed E-state index contributed by atoms with van der Waals surface area (Å²) in [5.41, 5.74) is 0.0728. The van der Waals surface area contributed by atoms with Crippen molar-refractivity contribution in [2.75, 3.05) is 13.1 Å². The topological polar surface area (TPSA) is 41.1 Å². The first-order chi connectivity index (χ1) is 8.52. The molecule has 0 heterocycles. The third-order valence-electron chi connectivity index (χ3n) is 2.52. The third kappa shape index (κ3) is 4.79. The molecule has 0 aliphatic carbocycles. The maximum absolute atomic E-state index is 13.3. The van der Waals surface area contributed by atoms with E-state index in [2.05, 4.69) is 10.6 Å². The maximum atomic E-state index is 13.3. The summed E-state index contributed by atoms with van der Waals surface area (Å²) in [5.74, 6) is -1.42. The summed E-state index contributed by atoms with van der Waals surface area (Å²) in [4.78, 5) is 11.6. The molecule has 0 spiro atoms. The molecule has 3 nitrogen and oxygen atoms in total. The Morgan fingerprint density at radius 2 is 2.11 bits per heavy atom. The maximum Gasteiger partial charge on any atom is 0.224 e. The van der Waals surface area contributed by atoms with Crippen LogP contribution >= 0.6 is 0 Å². The molecule has 1 amide bonds. The molecule has 18 heavy (non-hydrogen) atoms. The number of hydrogen-bond donors (Lipinski definition) is 2. The highest BCUT2D eigenvalue weighted by atomic mass is 19.1. The number of halogens is 2. The van der Waals surface area contributed by atoms with Gasteiger partial charge in [0.15, 0.2) is 0 Å². The Kier molecular flexibility index (Phi) is 5.71. The van der Waals surface area contributed by atoms with Crippen molar-refractivity contribution in [1.82, 2.24) is 10.6 Å². The van der Waals surface area contributed by atoms with Gasteiger partial charge in [0.25, 0.3) is 0 Å². The number of amides is 1. The van der Waals surface area contributed by atoms with Crippen molar-refractivity contribution >= 4 is 5.91 Å². The van der Waals surface area contributed by atoms with Crippen LogP contribution in [0.1, 0.15) is 19.4 Å². The van der Waals surface area contributed by atoms with Gasteiger partial charge in [0.2, 0.25) is 5.91 Å². The molecule has 0 aliphatic rings. The molecule has 1 aromatic rings. The van der Waals surface area contributed by atoms with Gasteiger partial charge in [-0.05, 0) is 31.7 Å². The Morgan fingerprint density at radius 1 is 1.39 bits per heavy atom. The average Bonchev–Trinajstić information content (AvgIpc) is 2.32. The van der Waals surface area contributed by atoms with Gasteiger partial charge in [-0.15, -0.1) is 0 Å². The average molecular weight is 256 g/mol. The van der Waals surface area contributed by atoms with Crippen LogP contribution in [0.15, 0.2) is 18.2 Å². The van der Waals surface area contributed by atoms with Crippen molar-refractivity contribution < 1.29 is 13.6 Å². The van der Waals surface area contributed by atoms with Gasteiger partial charge in [-0.2, -0.15) is 0 Å². The first-order valence-corrected chi connectivity index (χ1v) is 5.97. The Bertz CT molecular complexity index is 410. The molecule has 0 radical (unpaired) electrons. The van der Waals surface area contributed by atoms with Gasteiger partial charge in [0.05, 0.1) is 6.42 Å². The van der Waals surface area contributed by atoms with Crippen molar-refractivity contribution in [3.8, 4) is 0 Å². The van der Waals surface area contributed by atoms with E-state index in [9.17, 15) is 13.6 Å². The number of carbonyl (C=O) groups is 1. The fraction of sp³-hybridized carbons (Fsp3) is 0.462. The van der Waals surface area contributed by atoms with E-state index in [1.165, 1.54) is 0 Å². The fourth-order valence-corrected chi connectivity index (χ4v) is 1.60. The van der Waals surface area contributed by atoms with Crippen molar-refractivity contribution in [3.05, 3.63) is 35.4 Å². The molecular weight excluding hydrogens is 238 g/mol. The van der Waals surface area contributed by atoms with Gasteiger partial charge in [-0.25, -0.2) is 8.78 Å². The summed E-state index contributed by atoms with van der Waals surface area (Å²) in [7, 11) is 0. The van der Waals surface area contributed by atoms with Crippen LogP contribution in [-0.4, -0.2) is 25.0 Å². The molecule has 0 fully saturated rings. The molecule has 0 unspecified atom stereocenters. The lowest BCUT2D eigenvalue weighted by Gasteiger charge is -2.13. The van der Waals surface area contributed by atoms with Crippen molar-refractivity contribution in [2.45, 2.75) is 26.3 Å². The van der Waals surface area contributed by atoms with E-state index in [-0.39, 0.29) is 23.9 Å². The molecular formula is C13H18F2N2O. The van der Waals surface area contributed by atoms with Gasteiger partial charge in [-0.3, -0.25) is 4.79 Å². The number of likely N-dealkylation sites (N-methyl/N-ethyl adjacent to an activating group) is 1. The van der Waals surface area contributed by atoms with Crippen LogP contribution in [0.25, 0.3) is 0 Å². The minimum atomic E-state index is -0.564. The molecule has 0 saturated carbocycles. The quantitative estimate of drug-likeness (QED) is 0.812. The smallest absolute Gasteiger partial charge is 0.224 e. The predicted octanol–water partition coefficient (Wildman–Crippen LogP) is 1.62. The van der Waals surface area contributed by atoms with Crippen LogP contribution in [0.3, 0.4) is 0 Å². The van der Waals surface area contributed by atoms with Crippen LogP contribution in [0.2, 0.25) is 0 Å². The minimum Gasteiger partial charge on any atom is -0.354 e. The Balaban J connectivity index is 2.47. The first kappa shape index (κ1) is 14.6. The van der Waals surface area contributed by atoms with Crippen LogP contribution in [0.5, 0.6) is 0 Å². The lowest BCUT2D eigenvalue weighted by molar-refractivity contribution is -0.120. The summed E-state index contributed by atoms with van der Waals surface area (Å²) < 4.78 is 26.2. The summed E-state index contributed by atoms with van der Waals surface area (Å²) in [5, 5.41) is 5.81.